The Bertz CT molecular complexity index is 1160. The molecule has 0 spiro atoms. The summed E-state index contributed by atoms with van der Waals surface area (Å²) in [5.41, 5.74) is 2.20. The number of benzene rings is 3. The lowest BCUT2D eigenvalue weighted by molar-refractivity contribution is 0.324. The van der Waals surface area contributed by atoms with Gasteiger partial charge in [-0.25, -0.2) is 8.78 Å². The van der Waals surface area contributed by atoms with E-state index < -0.39 is 0 Å². The van der Waals surface area contributed by atoms with Gasteiger partial charge in [0, 0.05) is 5.56 Å². The van der Waals surface area contributed by atoms with E-state index >= 15 is 0 Å². The Kier molecular flexibility index (Phi) is 6.79. The van der Waals surface area contributed by atoms with Crippen LogP contribution in [0.3, 0.4) is 0 Å². The second kappa shape index (κ2) is 9.91. The minimum absolute atomic E-state index is 0.258. The van der Waals surface area contributed by atoms with Crippen LogP contribution in [0.25, 0.3) is 11.5 Å². The van der Waals surface area contributed by atoms with E-state index in [1.807, 2.05) is 0 Å². The second-order valence-electron chi connectivity index (χ2n) is 6.89. The van der Waals surface area contributed by atoms with Crippen LogP contribution in [0.4, 0.5) is 8.78 Å². The van der Waals surface area contributed by atoms with E-state index in [4.69, 9.17) is 18.6 Å². The van der Waals surface area contributed by atoms with Gasteiger partial charge in [0.2, 0.25) is 11.6 Å². The van der Waals surface area contributed by atoms with E-state index in [1.54, 1.807) is 36.4 Å². The molecule has 0 unspecified atom stereocenters. The van der Waals surface area contributed by atoms with Crippen LogP contribution in [0.5, 0.6) is 17.2 Å². The number of nitrogens with zero attached hydrogens (tertiary/aromatic N) is 2. The molecular formula is C24H20F2N2O4S. The monoisotopic (exact) mass is 470 g/mol. The first-order valence-electron chi connectivity index (χ1n) is 9.84. The van der Waals surface area contributed by atoms with Crippen molar-refractivity contribution in [3.63, 3.8) is 0 Å². The lowest BCUT2D eigenvalue weighted by Crippen LogP contribution is -1.97. The molecule has 33 heavy (non-hydrogen) atoms. The fourth-order valence-corrected chi connectivity index (χ4v) is 4.29. The van der Waals surface area contributed by atoms with E-state index in [-0.39, 0.29) is 28.0 Å². The predicted octanol–water partition coefficient (Wildman–Crippen LogP) is 5.92. The highest BCUT2D eigenvalue weighted by Crippen LogP contribution is 2.43. The Morgan fingerprint density at radius 2 is 1.27 bits per heavy atom. The number of hydrogen-bond donors (Lipinski definition) is 0. The van der Waals surface area contributed by atoms with Crippen LogP contribution >= 0.6 is 11.8 Å². The van der Waals surface area contributed by atoms with Gasteiger partial charge >= 0.3 is 0 Å². The summed E-state index contributed by atoms with van der Waals surface area (Å²) in [7, 11) is 4.56. The van der Waals surface area contributed by atoms with Gasteiger partial charge in [-0.3, -0.25) is 0 Å². The van der Waals surface area contributed by atoms with Crippen LogP contribution in [0.1, 0.15) is 16.4 Å². The van der Waals surface area contributed by atoms with Crippen molar-refractivity contribution in [2.45, 2.75) is 10.5 Å². The Balaban J connectivity index is 1.68. The predicted molar refractivity (Wildman–Crippen MR) is 120 cm³/mol. The normalized spacial score (nSPS) is 11.0. The quantitative estimate of drug-likeness (QED) is 0.296. The molecule has 0 fully saturated rings. The van der Waals surface area contributed by atoms with Gasteiger partial charge in [-0.15, -0.1) is 10.2 Å². The largest absolute Gasteiger partial charge is 0.493 e. The minimum atomic E-state index is -0.343. The SMILES string of the molecule is COc1cc(-c2nnc(SC(c3ccc(F)cc3)c3ccc(F)cc3)o2)cc(OC)c1OC. The molecule has 0 N–H and O–H groups in total. The van der Waals surface area contributed by atoms with Crippen molar-refractivity contribution >= 4 is 11.8 Å². The highest BCUT2D eigenvalue weighted by molar-refractivity contribution is 7.99. The van der Waals surface area contributed by atoms with Gasteiger partial charge in [0.25, 0.3) is 5.22 Å². The molecule has 0 aliphatic carbocycles. The summed E-state index contributed by atoms with van der Waals surface area (Å²) >= 11 is 1.28. The van der Waals surface area contributed by atoms with Crippen molar-refractivity contribution in [3.8, 4) is 28.7 Å². The lowest BCUT2D eigenvalue weighted by Gasteiger charge is -2.15. The van der Waals surface area contributed by atoms with E-state index in [9.17, 15) is 8.78 Å². The number of ether oxygens (including phenoxy) is 3. The van der Waals surface area contributed by atoms with Gasteiger partial charge in [-0.05, 0) is 47.5 Å². The summed E-state index contributed by atoms with van der Waals surface area (Å²) in [6.45, 7) is 0. The third-order valence-corrected chi connectivity index (χ3v) is 6.03. The first kappa shape index (κ1) is 22.6. The molecule has 0 radical (unpaired) electrons. The van der Waals surface area contributed by atoms with Crippen molar-refractivity contribution in [1.82, 2.24) is 10.2 Å². The van der Waals surface area contributed by atoms with Crippen LogP contribution in [0, 0.1) is 11.6 Å². The molecule has 0 saturated carbocycles. The number of thioether (sulfide) groups is 1. The third kappa shape index (κ3) is 4.93. The van der Waals surface area contributed by atoms with Gasteiger partial charge < -0.3 is 18.6 Å². The van der Waals surface area contributed by atoms with E-state index in [0.717, 1.165) is 11.1 Å². The Morgan fingerprint density at radius 3 is 1.73 bits per heavy atom. The number of methoxy groups -OCH3 is 3. The van der Waals surface area contributed by atoms with Gasteiger partial charge in [0.05, 0.1) is 26.6 Å². The molecule has 170 valence electrons. The Labute approximate surface area is 193 Å². The summed E-state index contributed by atoms with van der Waals surface area (Å²) in [6, 6.07) is 15.6. The van der Waals surface area contributed by atoms with E-state index in [1.165, 1.54) is 57.4 Å². The summed E-state index contributed by atoms with van der Waals surface area (Å²) in [5.74, 6) is 0.928. The average Bonchev–Trinajstić information content (AvgIpc) is 3.31. The fourth-order valence-electron chi connectivity index (χ4n) is 3.28. The molecule has 9 heteroatoms. The Morgan fingerprint density at radius 1 is 0.758 bits per heavy atom. The molecule has 4 aromatic rings. The number of rotatable bonds is 8. The molecule has 0 aliphatic rings. The summed E-state index contributed by atoms with van der Waals surface area (Å²) in [4.78, 5) is 0. The number of halogens is 2. The van der Waals surface area contributed by atoms with Gasteiger partial charge in [-0.1, -0.05) is 36.0 Å². The molecule has 0 atom stereocenters. The molecule has 1 aromatic heterocycles. The average molecular weight is 470 g/mol. The van der Waals surface area contributed by atoms with Crippen molar-refractivity contribution in [2.75, 3.05) is 21.3 Å². The molecule has 1 heterocycles. The molecule has 6 nitrogen and oxygen atoms in total. The van der Waals surface area contributed by atoms with Crippen molar-refractivity contribution in [3.05, 3.63) is 83.4 Å². The first-order valence-corrected chi connectivity index (χ1v) is 10.7. The molecular weight excluding hydrogens is 450 g/mol. The zero-order valence-corrected chi connectivity index (χ0v) is 18.9. The maximum Gasteiger partial charge on any atom is 0.277 e. The van der Waals surface area contributed by atoms with Crippen molar-refractivity contribution < 1.29 is 27.4 Å². The number of hydrogen-bond acceptors (Lipinski definition) is 7. The molecule has 0 amide bonds. The van der Waals surface area contributed by atoms with Crippen molar-refractivity contribution in [2.24, 2.45) is 0 Å². The molecule has 0 bridgehead atoms. The molecule has 3 aromatic carbocycles. The van der Waals surface area contributed by atoms with Gasteiger partial charge in [0.15, 0.2) is 11.5 Å². The summed E-state index contributed by atoms with van der Waals surface area (Å²) < 4.78 is 49.0. The lowest BCUT2D eigenvalue weighted by atomic mass is 10.0. The third-order valence-electron chi connectivity index (χ3n) is 4.88. The zero-order valence-electron chi connectivity index (χ0n) is 18.0. The minimum Gasteiger partial charge on any atom is -0.493 e. The highest BCUT2D eigenvalue weighted by atomic mass is 32.2. The van der Waals surface area contributed by atoms with Crippen LogP contribution in [-0.4, -0.2) is 31.5 Å². The molecule has 0 saturated heterocycles. The van der Waals surface area contributed by atoms with Crippen LogP contribution < -0.4 is 14.2 Å². The first-order chi connectivity index (χ1) is 16.0. The molecule has 0 aliphatic heterocycles. The van der Waals surface area contributed by atoms with Crippen LogP contribution in [-0.2, 0) is 0 Å². The van der Waals surface area contributed by atoms with Crippen LogP contribution in [0.2, 0.25) is 0 Å². The van der Waals surface area contributed by atoms with Crippen LogP contribution in [0.15, 0.2) is 70.3 Å². The maximum atomic E-state index is 13.5. The topological polar surface area (TPSA) is 66.6 Å². The summed E-state index contributed by atoms with van der Waals surface area (Å²) in [5, 5.41) is 8.28. The smallest absolute Gasteiger partial charge is 0.277 e. The van der Waals surface area contributed by atoms with E-state index in [0.29, 0.717) is 22.8 Å². The van der Waals surface area contributed by atoms with Gasteiger partial charge in [0.1, 0.15) is 11.6 Å². The van der Waals surface area contributed by atoms with Gasteiger partial charge in [-0.2, -0.15) is 0 Å². The number of aromatic nitrogens is 2. The fraction of sp³-hybridized carbons (Fsp3) is 0.167. The maximum absolute atomic E-state index is 13.5. The molecule has 4 rings (SSSR count). The zero-order chi connectivity index (χ0) is 23.4. The highest BCUT2D eigenvalue weighted by Gasteiger charge is 2.22. The standard InChI is InChI=1S/C24H20F2N2O4S/c1-29-19-12-16(13-20(30-2)21(19)31-3)23-27-28-24(32-23)33-22(14-4-8-17(25)9-5-14)15-6-10-18(26)11-7-15/h4-13,22H,1-3H3. The summed E-state index contributed by atoms with van der Waals surface area (Å²) in [6.07, 6.45) is 0. The second-order valence-corrected chi connectivity index (χ2v) is 7.94. The van der Waals surface area contributed by atoms with E-state index in [2.05, 4.69) is 10.2 Å². The van der Waals surface area contributed by atoms with Crippen molar-refractivity contribution in [1.29, 1.82) is 0 Å². The Hall–Kier alpha value is -3.59.